The van der Waals surface area contributed by atoms with Crippen LogP contribution in [0.4, 0.5) is 0 Å². The third kappa shape index (κ3) is 5.96. The summed E-state index contributed by atoms with van der Waals surface area (Å²) in [5.74, 6) is -0.585. The number of fused-ring (bicyclic) bond motifs is 1. The highest BCUT2D eigenvalue weighted by atomic mass is 32.2. The van der Waals surface area contributed by atoms with Crippen molar-refractivity contribution in [1.29, 1.82) is 0 Å². The molecule has 2 N–H and O–H groups in total. The molecule has 0 unspecified atom stereocenters. The molecule has 7 nitrogen and oxygen atoms in total. The SMILES string of the molecule is CCN(CC)S(=O)(=O)c1ccc(CCC(=O)NNC(=O)c2cc3c(s2)CCCCC3)cc1. The van der Waals surface area contributed by atoms with E-state index in [1.807, 2.05) is 6.07 Å². The number of thiophene rings is 1. The van der Waals surface area contributed by atoms with E-state index in [2.05, 4.69) is 10.9 Å². The zero-order valence-electron chi connectivity index (χ0n) is 18.6. The number of benzene rings is 1. The maximum atomic E-state index is 12.5. The summed E-state index contributed by atoms with van der Waals surface area (Å²) >= 11 is 1.51. The molecule has 2 aromatic rings. The number of hydrogen-bond donors (Lipinski definition) is 2. The number of hydrogen-bond acceptors (Lipinski definition) is 5. The Bertz CT molecular complexity index is 1020. The number of carbonyl (C=O) groups excluding carboxylic acids is 2. The fourth-order valence-electron chi connectivity index (χ4n) is 3.83. The van der Waals surface area contributed by atoms with Gasteiger partial charge in [0, 0.05) is 24.4 Å². The lowest BCUT2D eigenvalue weighted by Gasteiger charge is -2.18. The lowest BCUT2D eigenvalue weighted by atomic mass is 10.1. The average molecular weight is 478 g/mol. The lowest BCUT2D eigenvalue weighted by Crippen LogP contribution is -2.41. The Morgan fingerprint density at radius 1 is 1.00 bits per heavy atom. The van der Waals surface area contributed by atoms with Crippen molar-refractivity contribution in [3.63, 3.8) is 0 Å². The summed E-state index contributed by atoms with van der Waals surface area (Å²) in [5.41, 5.74) is 7.09. The van der Waals surface area contributed by atoms with Gasteiger partial charge in [0.25, 0.3) is 5.91 Å². The Morgan fingerprint density at radius 3 is 2.38 bits per heavy atom. The van der Waals surface area contributed by atoms with E-state index < -0.39 is 10.0 Å². The minimum absolute atomic E-state index is 0.184. The van der Waals surface area contributed by atoms with Crippen molar-refractivity contribution in [3.8, 4) is 0 Å². The van der Waals surface area contributed by atoms with Crippen molar-refractivity contribution >= 4 is 33.2 Å². The Kier molecular flexibility index (Phi) is 8.44. The third-order valence-electron chi connectivity index (χ3n) is 5.69. The first kappa shape index (κ1) is 24.4. The Labute approximate surface area is 194 Å². The van der Waals surface area contributed by atoms with Gasteiger partial charge in [-0.2, -0.15) is 4.31 Å². The van der Waals surface area contributed by atoms with E-state index in [9.17, 15) is 18.0 Å². The molecular weight excluding hydrogens is 446 g/mol. The molecule has 0 fully saturated rings. The molecule has 0 radical (unpaired) electrons. The van der Waals surface area contributed by atoms with Gasteiger partial charge in [0.2, 0.25) is 15.9 Å². The van der Waals surface area contributed by atoms with Gasteiger partial charge in [-0.25, -0.2) is 8.42 Å². The largest absolute Gasteiger partial charge is 0.279 e. The second kappa shape index (κ2) is 11.1. The molecule has 0 aliphatic heterocycles. The van der Waals surface area contributed by atoms with E-state index >= 15 is 0 Å². The fraction of sp³-hybridized carbons (Fsp3) is 0.478. The number of aryl methyl sites for hydroxylation is 3. The number of amides is 2. The molecule has 174 valence electrons. The monoisotopic (exact) mass is 477 g/mol. The van der Waals surface area contributed by atoms with E-state index in [4.69, 9.17) is 0 Å². The molecule has 0 saturated carbocycles. The fourth-order valence-corrected chi connectivity index (χ4v) is 6.44. The smallest absolute Gasteiger partial charge is 0.273 e. The van der Waals surface area contributed by atoms with Crippen LogP contribution >= 0.6 is 11.3 Å². The predicted octanol–water partition coefficient (Wildman–Crippen LogP) is 3.44. The first-order valence-electron chi connectivity index (χ1n) is 11.1. The Hall–Kier alpha value is -2.23. The van der Waals surface area contributed by atoms with Crippen LogP contribution in [0.3, 0.4) is 0 Å². The van der Waals surface area contributed by atoms with Crippen molar-refractivity contribution in [3.05, 3.63) is 51.2 Å². The predicted molar refractivity (Wildman–Crippen MR) is 126 cm³/mol. The second-order valence-corrected chi connectivity index (χ2v) is 10.9. The van der Waals surface area contributed by atoms with Gasteiger partial charge in [0.05, 0.1) is 9.77 Å². The van der Waals surface area contributed by atoms with E-state index in [1.165, 1.54) is 32.5 Å². The van der Waals surface area contributed by atoms with Gasteiger partial charge in [-0.15, -0.1) is 11.3 Å². The Morgan fingerprint density at radius 2 is 1.69 bits per heavy atom. The number of nitrogens with zero attached hydrogens (tertiary/aromatic N) is 1. The van der Waals surface area contributed by atoms with Gasteiger partial charge in [-0.1, -0.05) is 32.4 Å². The number of carbonyl (C=O) groups is 2. The van der Waals surface area contributed by atoms with Crippen LogP contribution < -0.4 is 10.9 Å². The zero-order valence-corrected chi connectivity index (χ0v) is 20.3. The molecule has 1 aliphatic rings. The molecule has 1 aromatic carbocycles. The van der Waals surface area contributed by atoms with Gasteiger partial charge < -0.3 is 0 Å². The molecule has 0 bridgehead atoms. The molecule has 2 amide bonds. The van der Waals surface area contributed by atoms with Crippen molar-refractivity contribution < 1.29 is 18.0 Å². The van der Waals surface area contributed by atoms with E-state index in [1.54, 1.807) is 38.1 Å². The summed E-state index contributed by atoms with van der Waals surface area (Å²) in [6, 6.07) is 8.54. The molecule has 1 aromatic heterocycles. The average Bonchev–Trinajstić information content (AvgIpc) is 3.07. The quantitative estimate of drug-likeness (QED) is 0.450. The maximum absolute atomic E-state index is 12.5. The summed E-state index contributed by atoms with van der Waals surface area (Å²) in [4.78, 5) is 26.7. The molecule has 3 rings (SSSR count). The van der Waals surface area contributed by atoms with Crippen molar-refractivity contribution in [2.75, 3.05) is 13.1 Å². The molecule has 0 spiro atoms. The molecular formula is C23H31N3O4S2. The molecule has 1 aliphatic carbocycles. The second-order valence-electron chi connectivity index (χ2n) is 7.86. The van der Waals surface area contributed by atoms with Gasteiger partial charge in [0.15, 0.2) is 0 Å². The van der Waals surface area contributed by atoms with Gasteiger partial charge in [-0.05, 0) is 61.4 Å². The summed E-state index contributed by atoms with van der Waals surface area (Å²) in [5, 5.41) is 0. The van der Waals surface area contributed by atoms with Gasteiger partial charge in [0.1, 0.15) is 0 Å². The summed E-state index contributed by atoms with van der Waals surface area (Å²) in [6.07, 6.45) is 6.21. The van der Waals surface area contributed by atoms with Crippen LogP contribution in [0.25, 0.3) is 0 Å². The van der Waals surface area contributed by atoms with Crippen molar-refractivity contribution in [2.24, 2.45) is 0 Å². The minimum Gasteiger partial charge on any atom is -0.273 e. The van der Waals surface area contributed by atoms with Crippen LogP contribution in [0, 0.1) is 0 Å². The van der Waals surface area contributed by atoms with E-state index in [0.717, 1.165) is 31.2 Å². The normalized spacial score (nSPS) is 14.0. The highest BCUT2D eigenvalue weighted by Crippen LogP contribution is 2.28. The van der Waals surface area contributed by atoms with Crippen LogP contribution in [0.1, 0.15) is 65.2 Å². The van der Waals surface area contributed by atoms with Crippen LogP contribution in [-0.2, 0) is 34.1 Å². The van der Waals surface area contributed by atoms with Crippen molar-refractivity contribution in [1.82, 2.24) is 15.2 Å². The van der Waals surface area contributed by atoms with Gasteiger partial charge >= 0.3 is 0 Å². The maximum Gasteiger partial charge on any atom is 0.279 e. The highest BCUT2D eigenvalue weighted by molar-refractivity contribution is 7.89. The number of nitrogens with one attached hydrogen (secondary N) is 2. The standard InChI is InChI=1S/C23H31N3O4S2/c1-3-26(4-2)32(29,30)19-13-10-17(11-14-19)12-15-22(27)24-25-23(28)21-16-18-8-6-5-7-9-20(18)31-21/h10-11,13-14,16H,3-9,12,15H2,1-2H3,(H,24,27)(H,25,28). The minimum atomic E-state index is -3.49. The molecule has 0 atom stereocenters. The van der Waals surface area contributed by atoms with Crippen molar-refractivity contribution in [2.45, 2.75) is 63.7 Å². The Balaban J connectivity index is 1.48. The molecule has 32 heavy (non-hydrogen) atoms. The zero-order chi connectivity index (χ0) is 23.1. The first-order chi connectivity index (χ1) is 15.3. The van der Waals surface area contributed by atoms with Crippen LogP contribution in [0.2, 0.25) is 0 Å². The summed E-state index contributed by atoms with van der Waals surface area (Å²) in [6.45, 7) is 4.45. The lowest BCUT2D eigenvalue weighted by molar-refractivity contribution is -0.121. The third-order valence-corrected chi connectivity index (χ3v) is 8.99. The molecule has 0 saturated heterocycles. The molecule has 9 heteroatoms. The number of hydrazine groups is 1. The summed E-state index contributed by atoms with van der Waals surface area (Å²) < 4.78 is 26.5. The van der Waals surface area contributed by atoms with E-state index in [-0.39, 0.29) is 23.1 Å². The molecule has 1 heterocycles. The van der Waals surface area contributed by atoms with E-state index in [0.29, 0.717) is 24.4 Å². The number of rotatable bonds is 8. The number of sulfonamides is 1. The van der Waals surface area contributed by atoms with Crippen LogP contribution in [-0.4, -0.2) is 37.6 Å². The van der Waals surface area contributed by atoms with Gasteiger partial charge in [-0.3, -0.25) is 20.4 Å². The summed E-state index contributed by atoms with van der Waals surface area (Å²) in [7, 11) is -3.49. The van der Waals surface area contributed by atoms with Crippen LogP contribution in [0.5, 0.6) is 0 Å². The van der Waals surface area contributed by atoms with Crippen LogP contribution in [0.15, 0.2) is 35.2 Å². The topological polar surface area (TPSA) is 95.6 Å². The highest BCUT2D eigenvalue weighted by Gasteiger charge is 2.21. The first-order valence-corrected chi connectivity index (χ1v) is 13.4.